The molecule has 0 saturated heterocycles. The molecule has 34 heavy (non-hydrogen) atoms. The molecule has 0 heteroatoms. The number of hydrogen-bond donors (Lipinski definition) is 0. The summed E-state index contributed by atoms with van der Waals surface area (Å²) >= 11 is 0. The molecule has 6 atom stereocenters. The molecule has 2 aromatic carbocycles. The highest BCUT2D eigenvalue weighted by atomic mass is 14.7. The third-order valence-corrected chi connectivity index (χ3v) is 12.0. The molecule has 0 aromatic heterocycles. The average molecular weight is 455 g/mol. The Hall–Kier alpha value is -1.56. The van der Waals surface area contributed by atoms with E-state index < -0.39 is 0 Å². The minimum atomic E-state index is 0.260. The second-order valence-corrected chi connectivity index (χ2v) is 13.9. The number of fused-ring (bicyclic) bond motifs is 2. The van der Waals surface area contributed by atoms with Crippen LogP contribution in [-0.2, 0) is 10.8 Å². The molecule has 4 aliphatic rings. The molecule has 182 valence electrons. The number of benzene rings is 2. The zero-order valence-corrected chi connectivity index (χ0v) is 22.2. The van der Waals surface area contributed by atoms with Gasteiger partial charge in [-0.2, -0.15) is 0 Å². The Labute approximate surface area is 208 Å². The van der Waals surface area contributed by atoms with Crippen LogP contribution in [0.5, 0.6) is 0 Å². The fraction of sp³-hybridized carbons (Fsp3) is 0.647. The summed E-state index contributed by atoms with van der Waals surface area (Å²) in [6.07, 6.45) is 14.1. The van der Waals surface area contributed by atoms with E-state index in [9.17, 15) is 0 Å². The predicted octanol–water partition coefficient (Wildman–Crippen LogP) is 9.33. The van der Waals surface area contributed by atoms with Gasteiger partial charge in [0, 0.05) is 10.8 Å². The van der Waals surface area contributed by atoms with Crippen LogP contribution in [0.15, 0.2) is 60.7 Å². The van der Waals surface area contributed by atoms with Gasteiger partial charge in [-0.05, 0) is 97.0 Å². The van der Waals surface area contributed by atoms with Crippen LogP contribution >= 0.6 is 0 Å². The van der Waals surface area contributed by atoms with Crippen molar-refractivity contribution in [2.45, 2.75) is 103 Å². The molecule has 0 spiro atoms. The monoisotopic (exact) mass is 454 g/mol. The van der Waals surface area contributed by atoms with Gasteiger partial charge in [0.1, 0.15) is 0 Å². The largest absolute Gasteiger partial charge is 0.0622 e. The Balaban J connectivity index is 1.65. The molecule has 4 saturated carbocycles. The predicted molar refractivity (Wildman–Crippen MR) is 144 cm³/mol. The van der Waals surface area contributed by atoms with Crippen molar-refractivity contribution >= 4 is 0 Å². The Morgan fingerprint density at radius 1 is 0.471 bits per heavy atom. The van der Waals surface area contributed by atoms with E-state index in [0.717, 1.165) is 23.7 Å². The molecule has 4 fully saturated rings. The molecule has 0 heterocycles. The van der Waals surface area contributed by atoms with Crippen LogP contribution in [-0.4, -0.2) is 0 Å². The molecule has 0 nitrogen and oxygen atoms in total. The van der Waals surface area contributed by atoms with Crippen molar-refractivity contribution in [1.82, 2.24) is 0 Å². The van der Waals surface area contributed by atoms with E-state index in [1.165, 1.54) is 64.2 Å². The first-order valence-corrected chi connectivity index (χ1v) is 14.4. The van der Waals surface area contributed by atoms with Gasteiger partial charge in [-0.3, -0.25) is 0 Å². The molecular formula is C34H46. The van der Waals surface area contributed by atoms with E-state index in [-0.39, 0.29) is 10.8 Å². The van der Waals surface area contributed by atoms with Crippen molar-refractivity contribution < 1.29 is 0 Å². The van der Waals surface area contributed by atoms with Gasteiger partial charge in [-0.1, -0.05) is 101 Å². The number of rotatable bonds is 3. The fourth-order valence-electron chi connectivity index (χ4n) is 10.6. The third-order valence-electron chi connectivity index (χ3n) is 12.0. The van der Waals surface area contributed by atoms with Crippen LogP contribution < -0.4 is 0 Å². The minimum absolute atomic E-state index is 0.260. The lowest BCUT2D eigenvalue weighted by atomic mass is 9.36. The van der Waals surface area contributed by atoms with Crippen LogP contribution in [0.2, 0.25) is 0 Å². The van der Waals surface area contributed by atoms with Crippen LogP contribution in [0.4, 0.5) is 0 Å². The molecule has 0 amide bonds. The summed E-state index contributed by atoms with van der Waals surface area (Å²) in [5.41, 5.74) is 4.82. The van der Waals surface area contributed by atoms with E-state index in [0.29, 0.717) is 10.8 Å². The highest BCUT2D eigenvalue weighted by molar-refractivity contribution is 5.44. The first-order chi connectivity index (χ1) is 16.3. The smallest absolute Gasteiger partial charge is 0.00838 e. The summed E-state index contributed by atoms with van der Waals surface area (Å²) in [6, 6.07) is 24.0. The van der Waals surface area contributed by atoms with Gasteiger partial charge < -0.3 is 0 Å². The lowest BCUT2D eigenvalue weighted by molar-refractivity contribution is -0.0875. The van der Waals surface area contributed by atoms with Crippen LogP contribution in [0, 0.1) is 34.5 Å². The lowest BCUT2D eigenvalue weighted by Gasteiger charge is -2.67. The van der Waals surface area contributed by atoms with E-state index in [1.807, 2.05) is 0 Å². The molecule has 0 radical (unpaired) electrons. The van der Waals surface area contributed by atoms with E-state index in [4.69, 9.17) is 0 Å². The maximum absolute atomic E-state index is 2.60. The lowest BCUT2D eigenvalue weighted by Crippen LogP contribution is -2.64. The van der Waals surface area contributed by atoms with Crippen LogP contribution in [0.1, 0.15) is 103 Å². The number of hydrogen-bond acceptors (Lipinski definition) is 0. The molecular weight excluding hydrogens is 408 g/mol. The van der Waals surface area contributed by atoms with Gasteiger partial charge in [-0.25, -0.2) is 0 Å². The zero-order valence-electron chi connectivity index (χ0n) is 22.2. The average Bonchev–Trinajstić information content (AvgIpc) is 3.54. The highest BCUT2D eigenvalue weighted by Crippen LogP contribution is 2.73. The third kappa shape index (κ3) is 3.02. The Morgan fingerprint density at radius 3 is 1.21 bits per heavy atom. The summed E-state index contributed by atoms with van der Waals surface area (Å²) in [4.78, 5) is 0. The fourth-order valence-corrected chi connectivity index (χ4v) is 10.6. The summed E-state index contributed by atoms with van der Waals surface area (Å²) in [6.45, 7) is 10.4. The van der Waals surface area contributed by atoms with Gasteiger partial charge in [0.2, 0.25) is 0 Å². The first-order valence-electron chi connectivity index (χ1n) is 14.4. The molecule has 4 aliphatic carbocycles. The summed E-state index contributed by atoms with van der Waals surface area (Å²) in [5.74, 6) is 3.33. The highest BCUT2D eigenvalue weighted by Gasteiger charge is 2.68. The SMILES string of the molecule is CC1(C)CCC(c2ccccc2)(C2(c3ccccc3)CCC(C)(C)C3CCCC32)C2CCCC21. The second kappa shape index (κ2) is 7.97. The summed E-state index contributed by atoms with van der Waals surface area (Å²) < 4.78 is 0. The van der Waals surface area contributed by atoms with Crippen LogP contribution in [0.3, 0.4) is 0 Å². The van der Waals surface area contributed by atoms with E-state index in [2.05, 4.69) is 88.4 Å². The van der Waals surface area contributed by atoms with Crippen molar-refractivity contribution in [3.63, 3.8) is 0 Å². The van der Waals surface area contributed by atoms with Crippen molar-refractivity contribution in [3.05, 3.63) is 71.8 Å². The van der Waals surface area contributed by atoms with E-state index >= 15 is 0 Å². The van der Waals surface area contributed by atoms with Gasteiger partial charge in [0.05, 0.1) is 0 Å². The summed E-state index contributed by atoms with van der Waals surface area (Å²) in [7, 11) is 0. The Morgan fingerprint density at radius 2 is 0.824 bits per heavy atom. The van der Waals surface area contributed by atoms with Gasteiger partial charge in [0.15, 0.2) is 0 Å². The Bertz CT molecular complexity index is 917. The van der Waals surface area contributed by atoms with Gasteiger partial charge in [0.25, 0.3) is 0 Å². The van der Waals surface area contributed by atoms with Gasteiger partial charge in [-0.15, -0.1) is 0 Å². The maximum atomic E-state index is 2.60. The molecule has 2 aromatic rings. The maximum Gasteiger partial charge on any atom is 0.00838 e. The van der Waals surface area contributed by atoms with Crippen molar-refractivity contribution in [1.29, 1.82) is 0 Å². The molecule has 0 N–H and O–H groups in total. The minimum Gasteiger partial charge on any atom is -0.0622 e. The van der Waals surface area contributed by atoms with Crippen molar-refractivity contribution in [2.24, 2.45) is 34.5 Å². The van der Waals surface area contributed by atoms with Gasteiger partial charge >= 0.3 is 0 Å². The molecule has 6 rings (SSSR count). The van der Waals surface area contributed by atoms with Crippen molar-refractivity contribution in [3.8, 4) is 0 Å². The molecule has 6 unspecified atom stereocenters. The van der Waals surface area contributed by atoms with Crippen molar-refractivity contribution in [2.75, 3.05) is 0 Å². The zero-order chi connectivity index (χ0) is 23.6. The molecule has 0 bridgehead atoms. The normalized spacial score (nSPS) is 40.5. The van der Waals surface area contributed by atoms with Crippen LogP contribution in [0.25, 0.3) is 0 Å². The topological polar surface area (TPSA) is 0 Å². The molecule has 0 aliphatic heterocycles. The Kier molecular flexibility index (Phi) is 5.37. The second-order valence-electron chi connectivity index (χ2n) is 13.9. The summed E-state index contributed by atoms with van der Waals surface area (Å²) in [5, 5.41) is 0. The quantitative estimate of drug-likeness (QED) is 0.433. The first kappa shape index (κ1) is 22.9. The standard InChI is InChI=1S/C34H46/c1-31(2)21-23-33(25-13-7-5-8-14-25,29-19-11-17-27(29)31)34(26-15-9-6-10-16-26)24-22-32(3,4)28-18-12-20-30(28)34/h5-10,13-16,27-30H,11-12,17-24H2,1-4H3. The van der Waals surface area contributed by atoms with E-state index in [1.54, 1.807) is 11.1 Å².